The number of benzene rings is 1. The molecule has 2 aliphatic carbocycles. The first kappa shape index (κ1) is 23.1. The Balaban J connectivity index is 1.58. The molecule has 174 valence electrons. The molecule has 1 spiro atoms. The van der Waals surface area contributed by atoms with E-state index in [1.807, 2.05) is 18.7 Å². The van der Waals surface area contributed by atoms with Crippen LogP contribution in [0.5, 0.6) is 0 Å². The van der Waals surface area contributed by atoms with Crippen molar-refractivity contribution in [2.45, 2.75) is 83.2 Å². The molecule has 0 unspecified atom stereocenters. The number of carbonyl (C=O) groups excluding carboxylic acids is 1. The van der Waals surface area contributed by atoms with Gasteiger partial charge in [-0.05, 0) is 76.8 Å². The Hall–Kier alpha value is -2.06. The summed E-state index contributed by atoms with van der Waals surface area (Å²) >= 11 is 0. The highest BCUT2D eigenvalue weighted by molar-refractivity contribution is 5.78. The van der Waals surface area contributed by atoms with Crippen LogP contribution in [0.1, 0.15) is 77.7 Å². The summed E-state index contributed by atoms with van der Waals surface area (Å²) in [7, 11) is 0. The molecule has 2 saturated carbocycles. The fraction of sp³-hybridized carbons (Fsp3) is 0.704. The fourth-order valence-electron chi connectivity index (χ4n) is 5.98. The van der Waals surface area contributed by atoms with Crippen molar-refractivity contribution in [2.24, 2.45) is 11.3 Å². The molecule has 0 aromatic heterocycles. The molecule has 1 N–H and O–H groups in total. The molecule has 5 heteroatoms. The van der Waals surface area contributed by atoms with Crippen molar-refractivity contribution in [3.05, 3.63) is 35.9 Å². The number of urea groups is 1. The summed E-state index contributed by atoms with van der Waals surface area (Å²) in [5, 5.41) is 13.5. The van der Waals surface area contributed by atoms with Crippen LogP contribution in [0, 0.1) is 22.7 Å². The lowest BCUT2D eigenvalue weighted by Gasteiger charge is -2.49. The molecule has 1 heterocycles. The molecule has 1 saturated heterocycles. The van der Waals surface area contributed by atoms with E-state index in [1.54, 1.807) is 0 Å². The number of amides is 2. The topological polar surface area (TPSA) is 59.4 Å². The Bertz CT molecular complexity index is 831. The molecule has 1 aliphatic heterocycles. The minimum absolute atomic E-state index is 0.00689. The highest BCUT2D eigenvalue weighted by Gasteiger charge is 2.54. The van der Waals surface area contributed by atoms with E-state index in [-0.39, 0.29) is 17.1 Å². The van der Waals surface area contributed by atoms with Crippen LogP contribution < -0.4 is 5.32 Å². The number of rotatable bonds is 8. The lowest BCUT2D eigenvalue weighted by Crippen LogP contribution is -2.56. The normalized spacial score (nSPS) is 28.8. The Morgan fingerprint density at radius 1 is 1.16 bits per heavy atom. The molecule has 0 bridgehead atoms. The zero-order valence-corrected chi connectivity index (χ0v) is 20.2. The van der Waals surface area contributed by atoms with Gasteiger partial charge in [0.1, 0.15) is 0 Å². The molecular weight excluding hydrogens is 396 g/mol. The fourth-order valence-corrected chi connectivity index (χ4v) is 5.98. The minimum Gasteiger partial charge on any atom is -0.321 e. The van der Waals surface area contributed by atoms with Gasteiger partial charge in [-0.3, -0.25) is 0 Å². The third-order valence-corrected chi connectivity index (χ3v) is 8.19. The maximum atomic E-state index is 13.6. The van der Waals surface area contributed by atoms with Gasteiger partial charge in [0.15, 0.2) is 0 Å². The summed E-state index contributed by atoms with van der Waals surface area (Å²) in [5.74, 6) is 0.652. The molecule has 1 aromatic carbocycles. The molecule has 2 amide bonds. The third kappa shape index (κ3) is 4.39. The van der Waals surface area contributed by atoms with Crippen LogP contribution in [0.3, 0.4) is 0 Å². The van der Waals surface area contributed by atoms with E-state index in [1.165, 1.54) is 24.8 Å². The van der Waals surface area contributed by atoms with Crippen LogP contribution in [0.15, 0.2) is 30.3 Å². The molecule has 0 radical (unpaired) electrons. The zero-order chi connectivity index (χ0) is 22.8. The van der Waals surface area contributed by atoms with Crippen molar-refractivity contribution in [1.82, 2.24) is 15.1 Å². The summed E-state index contributed by atoms with van der Waals surface area (Å²) < 4.78 is 0. The summed E-state index contributed by atoms with van der Waals surface area (Å²) in [5.41, 5.74) is 0.756. The second-order valence-electron chi connectivity index (χ2n) is 11.1. The lowest BCUT2D eigenvalue weighted by molar-refractivity contribution is 0.0560. The van der Waals surface area contributed by atoms with Crippen LogP contribution in [0.2, 0.25) is 0 Å². The van der Waals surface area contributed by atoms with Crippen LogP contribution >= 0.6 is 0 Å². The van der Waals surface area contributed by atoms with Crippen molar-refractivity contribution < 1.29 is 4.79 Å². The minimum atomic E-state index is -0.519. The van der Waals surface area contributed by atoms with Gasteiger partial charge >= 0.3 is 6.03 Å². The van der Waals surface area contributed by atoms with Gasteiger partial charge in [0.25, 0.3) is 0 Å². The second kappa shape index (κ2) is 9.06. The molecule has 3 aliphatic rings. The number of hydrogen-bond donors (Lipinski definition) is 1. The van der Waals surface area contributed by atoms with Gasteiger partial charge in [-0.1, -0.05) is 43.7 Å². The highest BCUT2D eigenvalue weighted by Crippen LogP contribution is 2.48. The van der Waals surface area contributed by atoms with Gasteiger partial charge in [0, 0.05) is 25.2 Å². The molecule has 5 nitrogen and oxygen atoms in total. The quantitative estimate of drug-likeness (QED) is 0.603. The van der Waals surface area contributed by atoms with Gasteiger partial charge in [-0.2, -0.15) is 5.26 Å². The molecular formula is C27H40N4O. The van der Waals surface area contributed by atoms with E-state index in [0.29, 0.717) is 12.5 Å². The Morgan fingerprint density at radius 3 is 2.41 bits per heavy atom. The predicted octanol–water partition coefficient (Wildman–Crippen LogP) is 5.28. The van der Waals surface area contributed by atoms with Crippen LogP contribution in [-0.2, 0) is 5.54 Å². The van der Waals surface area contributed by atoms with E-state index in [9.17, 15) is 10.1 Å². The number of nitriles is 1. The van der Waals surface area contributed by atoms with Crippen LogP contribution in [0.25, 0.3) is 0 Å². The standard InChI is InChI=1S/C27H40N4O/c1-4-17-29-27(23-11-6-5-7-12-23)15-13-26(14-16-27)21-30(20-25(2,3)19-28)24(32)31(26)18-22-9-8-10-22/h5-7,11-12,22,29H,4,8-10,13-18,20-21H2,1-3H3/t26-,27+. The number of hydrogen-bond acceptors (Lipinski definition) is 3. The summed E-state index contributed by atoms with van der Waals surface area (Å²) in [6.07, 6.45) is 9.01. The van der Waals surface area contributed by atoms with E-state index < -0.39 is 5.41 Å². The highest BCUT2D eigenvalue weighted by atomic mass is 16.2. The average Bonchev–Trinajstić information content (AvgIpc) is 3.01. The Labute approximate surface area is 194 Å². The maximum Gasteiger partial charge on any atom is 0.320 e. The SMILES string of the molecule is CCCN[C@]1(c2ccccc2)CC[C@]2(CC1)CN(CC(C)(C)C#N)C(=O)N2CC1CCC1. The molecule has 4 rings (SSSR count). The first-order valence-corrected chi connectivity index (χ1v) is 12.6. The van der Waals surface area contributed by atoms with E-state index >= 15 is 0 Å². The van der Waals surface area contributed by atoms with Crippen molar-refractivity contribution in [3.63, 3.8) is 0 Å². The largest absolute Gasteiger partial charge is 0.321 e. The average molecular weight is 437 g/mol. The summed E-state index contributed by atoms with van der Waals surface area (Å²) in [6.45, 7) is 9.29. The van der Waals surface area contributed by atoms with Gasteiger partial charge < -0.3 is 15.1 Å². The summed E-state index contributed by atoms with van der Waals surface area (Å²) in [6, 6.07) is 13.4. The Kier molecular flexibility index (Phi) is 6.54. The maximum absolute atomic E-state index is 13.6. The van der Waals surface area contributed by atoms with Gasteiger partial charge in [-0.25, -0.2) is 4.79 Å². The third-order valence-electron chi connectivity index (χ3n) is 8.19. The van der Waals surface area contributed by atoms with E-state index in [4.69, 9.17) is 0 Å². The van der Waals surface area contributed by atoms with Crippen molar-refractivity contribution in [2.75, 3.05) is 26.2 Å². The number of nitrogens with zero attached hydrogens (tertiary/aromatic N) is 3. The lowest BCUT2D eigenvalue weighted by atomic mass is 9.68. The van der Waals surface area contributed by atoms with Crippen LogP contribution in [-0.4, -0.2) is 47.5 Å². The van der Waals surface area contributed by atoms with E-state index in [0.717, 1.165) is 51.7 Å². The van der Waals surface area contributed by atoms with Crippen molar-refractivity contribution >= 4 is 6.03 Å². The van der Waals surface area contributed by atoms with Crippen molar-refractivity contribution in [3.8, 4) is 6.07 Å². The summed E-state index contributed by atoms with van der Waals surface area (Å²) in [4.78, 5) is 17.8. The van der Waals surface area contributed by atoms with Gasteiger partial charge in [-0.15, -0.1) is 0 Å². The molecule has 32 heavy (non-hydrogen) atoms. The Morgan fingerprint density at radius 2 is 1.84 bits per heavy atom. The zero-order valence-electron chi connectivity index (χ0n) is 20.2. The number of nitrogens with one attached hydrogen (secondary N) is 1. The van der Waals surface area contributed by atoms with E-state index in [2.05, 4.69) is 53.5 Å². The molecule has 1 aromatic rings. The van der Waals surface area contributed by atoms with Crippen LogP contribution in [0.4, 0.5) is 4.79 Å². The second-order valence-corrected chi connectivity index (χ2v) is 11.1. The first-order chi connectivity index (χ1) is 15.3. The molecule has 3 fully saturated rings. The smallest absolute Gasteiger partial charge is 0.320 e. The van der Waals surface area contributed by atoms with Crippen molar-refractivity contribution in [1.29, 1.82) is 5.26 Å². The monoisotopic (exact) mass is 436 g/mol. The first-order valence-electron chi connectivity index (χ1n) is 12.6. The van der Waals surface area contributed by atoms with Gasteiger partial charge in [0.2, 0.25) is 0 Å². The molecule has 0 atom stereocenters. The predicted molar refractivity (Wildman–Crippen MR) is 128 cm³/mol. The number of carbonyl (C=O) groups is 1. The van der Waals surface area contributed by atoms with Gasteiger partial charge in [0.05, 0.1) is 17.0 Å².